The number of esters is 1. The predicted molar refractivity (Wildman–Crippen MR) is 62.3 cm³/mol. The van der Waals surface area contributed by atoms with Crippen LogP contribution in [-0.4, -0.2) is 27.3 Å². The molecule has 19 heavy (non-hydrogen) atoms. The van der Waals surface area contributed by atoms with Gasteiger partial charge in [0.05, 0.1) is 18.5 Å². The van der Waals surface area contributed by atoms with Crippen molar-refractivity contribution < 1.29 is 18.3 Å². The Kier molecular flexibility index (Phi) is 3.84. The zero-order valence-corrected chi connectivity index (χ0v) is 10.1. The minimum absolute atomic E-state index is 0.111. The summed E-state index contributed by atoms with van der Waals surface area (Å²) in [5.74, 6) is -0.812. The molecule has 0 saturated heterocycles. The highest BCUT2D eigenvalue weighted by Crippen LogP contribution is 2.23. The number of alkyl halides is 2. The number of rotatable bonds is 4. The van der Waals surface area contributed by atoms with Gasteiger partial charge in [0.1, 0.15) is 11.3 Å². The molecule has 0 aliphatic heterocycles. The molecule has 2 aromatic rings. The third kappa shape index (κ3) is 2.75. The minimum atomic E-state index is -2.85. The van der Waals surface area contributed by atoms with Crippen LogP contribution in [-0.2, 0) is 4.74 Å². The van der Waals surface area contributed by atoms with Gasteiger partial charge in [-0.3, -0.25) is 4.98 Å². The molecule has 0 fully saturated rings. The van der Waals surface area contributed by atoms with Crippen molar-refractivity contribution in [3.05, 3.63) is 42.0 Å². The van der Waals surface area contributed by atoms with Crippen LogP contribution in [0.25, 0.3) is 5.69 Å². The van der Waals surface area contributed by atoms with E-state index < -0.39 is 18.1 Å². The summed E-state index contributed by atoms with van der Waals surface area (Å²) in [4.78, 5) is 15.5. The minimum Gasteiger partial charge on any atom is -0.462 e. The lowest BCUT2D eigenvalue weighted by atomic mass is 10.2. The van der Waals surface area contributed by atoms with Crippen LogP contribution < -0.4 is 0 Å². The third-order valence-electron chi connectivity index (χ3n) is 2.36. The highest BCUT2D eigenvalue weighted by molar-refractivity contribution is 5.90. The van der Waals surface area contributed by atoms with Crippen LogP contribution in [0.2, 0.25) is 0 Å². The van der Waals surface area contributed by atoms with Gasteiger partial charge in [-0.05, 0) is 19.1 Å². The van der Waals surface area contributed by atoms with Crippen molar-refractivity contribution in [3.63, 3.8) is 0 Å². The summed E-state index contributed by atoms with van der Waals surface area (Å²) >= 11 is 0. The fraction of sp³-hybridized carbons (Fsp3) is 0.250. The average molecular weight is 267 g/mol. The van der Waals surface area contributed by atoms with Gasteiger partial charge in [0.25, 0.3) is 6.43 Å². The number of hydrogen-bond donors (Lipinski definition) is 0. The molecule has 0 bridgehead atoms. The molecule has 0 unspecified atom stereocenters. The molecule has 2 rings (SSSR count). The molecule has 0 atom stereocenters. The van der Waals surface area contributed by atoms with Crippen LogP contribution in [0.15, 0.2) is 30.7 Å². The Morgan fingerprint density at radius 3 is 2.89 bits per heavy atom. The first kappa shape index (κ1) is 13.1. The van der Waals surface area contributed by atoms with Crippen molar-refractivity contribution in [2.45, 2.75) is 13.3 Å². The van der Waals surface area contributed by atoms with E-state index in [1.54, 1.807) is 25.3 Å². The summed E-state index contributed by atoms with van der Waals surface area (Å²) in [5, 5.41) is 3.71. The van der Waals surface area contributed by atoms with Crippen molar-refractivity contribution in [1.82, 2.24) is 14.8 Å². The maximum atomic E-state index is 12.9. The monoisotopic (exact) mass is 267 g/mol. The molecule has 7 heteroatoms. The molecule has 0 saturated carbocycles. The third-order valence-corrected chi connectivity index (χ3v) is 2.36. The second-order valence-electron chi connectivity index (χ2n) is 3.60. The van der Waals surface area contributed by atoms with Crippen LogP contribution in [0.5, 0.6) is 0 Å². The van der Waals surface area contributed by atoms with E-state index in [4.69, 9.17) is 4.74 Å². The fourth-order valence-electron chi connectivity index (χ4n) is 1.54. The maximum absolute atomic E-state index is 12.9. The fourth-order valence-corrected chi connectivity index (χ4v) is 1.54. The van der Waals surface area contributed by atoms with Gasteiger partial charge in [-0.1, -0.05) is 0 Å². The number of ether oxygens (including phenoxy) is 1. The van der Waals surface area contributed by atoms with Crippen molar-refractivity contribution in [1.29, 1.82) is 0 Å². The Labute approximate surface area is 107 Å². The van der Waals surface area contributed by atoms with E-state index >= 15 is 0 Å². The van der Waals surface area contributed by atoms with Crippen molar-refractivity contribution in [3.8, 4) is 5.69 Å². The van der Waals surface area contributed by atoms with Gasteiger partial charge in [0.15, 0.2) is 0 Å². The maximum Gasteiger partial charge on any atom is 0.341 e. The van der Waals surface area contributed by atoms with E-state index in [0.717, 1.165) is 0 Å². The van der Waals surface area contributed by atoms with E-state index in [0.29, 0.717) is 5.69 Å². The topological polar surface area (TPSA) is 57.0 Å². The van der Waals surface area contributed by atoms with Gasteiger partial charge in [-0.15, -0.1) is 0 Å². The highest BCUT2D eigenvalue weighted by atomic mass is 19.3. The van der Waals surface area contributed by atoms with E-state index in [1.165, 1.54) is 17.1 Å². The molecule has 0 spiro atoms. The zero-order chi connectivity index (χ0) is 13.8. The first-order chi connectivity index (χ1) is 9.13. The first-order valence-corrected chi connectivity index (χ1v) is 5.58. The molecule has 5 nitrogen and oxygen atoms in total. The van der Waals surface area contributed by atoms with Crippen LogP contribution in [0.4, 0.5) is 8.78 Å². The van der Waals surface area contributed by atoms with Crippen molar-refractivity contribution in [2.75, 3.05) is 6.61 Å². The number of carbonyl (C=O) groups is 1. The normalized spacial score (nSPS) is 10.7. The average Bonchev–Trinajstić information content (AvgIpc) is 2.85. The standard InChI is InChI=1S/C12H11F2N3O2/c1-2-19-12(18)9-7-17(16-10(9)11(13)14)8-4-3-5-15-6-8/h3-7,11H,2H2,1H3. The number of carbonyl (C=O) groups excluding carboxylic acids is 1. The van der Waals surface area contributed by atoms with E-state index in [-0.39, 0.29) is 12.2 Å². The molecule has 100 valence electrons. The molecule has 0 amide bonds. The number of pyridine rings is 1. The summed E-state index contributed by atoms with van der Waals surface area (Å²) in [6.45, 7) is 1.71. The Balaban J connectivity index is 2.44. The Morgan fingerprint density at radius 2 is 2.32 bits per heavy atom. The van der Waals surface area contributed by atoms with Gasteiger partial charge in [0.2, 0.25) is 0 Å². The largest absolute Gasteiger partial charge is 0.462 e. The Bertz CT molecular complexity index is 570. The summed E-state index contributed by atoms with van der Waals surface area (Å²) < 4.78 is 31.6. The number of aromatic nitrogens is 3. The summed E-state index contributed by atoms with van der Waals surface area (Å²) in [7, 11) is 0. The lowest BCUT2D eigenvalue weighted by Crippen LogP contribution is -2.06. The molecule has 2 aromatic heterocycles. The smallest absolute Gasteiger partial charge is 0.341 e. The molecule has 0 aliphatic carbocycles. The molecule has 2 heterocycles. The lowest BCUT2D eigenvalue weighted by Gasteiger charge is -2.00. The molecule has 0 radical (unpaired) electrons. The van der Waals surface area contributed by atoms with E-state index in [9.17, 15) is 13.6 Å². The van der Waals surface area contributed by atoms with Crippen LogP contribution >= 0.6 is 0 Å². The highest BCUT2D eigenvalue weighted by Gasteiger charge is 2.24. The molecule has 0 aliphatic rings. The van der Waals surface area contributed by atoms with Crippen molar-refractivity contribution >= 4 is 5.97 Å². The molecule has 0 aromatic carbocycles. The van der Waals surface area contributed by atoms with Crippen LogP contribution in [0.3, 0.4) is 0 Å². The summed E-state index contributed by atoms with van der Waals surface area (Å²) in [6, 6.07) is 3.29. The number of nitrogens with zero attached hydrogens (tertiary/aromatic N) is 3. The van der Waals surface area contributed by atoms with Gasteiger partial charge < -0.3 is 4.74 Å². The summed E-state index contributed by atoms with van der Waals surface area (Å²) in [6.07, 6.45) is 1.37. The van der Waals surface area contributed by atoms with Crippen molar-refractivity contribution in [2.24, 2.45) is 0 Å². The van der Waals surface area contributed by atoms with Crippen LogP contribution in [0, 0.1) is 0 Å². The van der Waals surface area contributed by atoms with Gasteiger partial charge in [-0.25, -0.2) is 18.3 Å². The number of halogens is 2. The molecule has 0 N–H and O–H groups in total. The van der Waals surface area contributed by atoms with Gasteiger partial charge in [0, 0.05) is 12.4 Å². The quantitative estimate of drug-likeness (QED) is 0.798. The summed E-state index contributed by atoms with van der Waals surface area (Å²) in [5.41, 5.74) is -0.344. The first-order valence-electron chi connectivity index (χ1n) is 5.58. The van der Waals surface area contributed by atoms with Gasteiger partial charge in [-0.2, -0.15) is 5.10 Å². The lowest BCUT2D eigenvalue weighted by molar-refractivity contribution is 0.0515. The van der Waals surface area contributed by atoms with Crippen LogP contribution in [0.1, 0.15) is 29.4 Å². The van der Waals surface area contributed by atoms with E-state index in [1.807, 2.05) is 0 Å². The second kappa shape index (κ2) is 5.55. The Morgan fingerprint density at radius 1 is 1.53 bits per heavy atom. The predicted octanol–water partition coefficient (Wildman–Crippen LogP) is 2.38. The SMILES string of the molecule is CCOC(=O)c1cn(-c2cccnc2)nc1C(F)F. The Hall–Kier alpha value is -2.31. The second-order valence-corrected chi connectivity index (χ2v) is 3.60. The van der Waals surface area contributed by atoms with Gasteiger partial charge >= 0.3 is 5.97 Å². The molecular weight excluding hydrogens is 256 g/mol. The number of hydrogen-bond acceptors (Lipinski definition) is 4. The zero-order valence-electron chi connectivity index (χ0n) is 10.1. The van der Waals surface area contributed by atoms with E-state index in [2.05, 4.69) is 10.1 Å². The molecular formula is C12H11F2N3O2.